The Morgan fingerprint density at radius 2 is 1.67 bits per heavy atom. The van der Waals surface area contributed by atoms with Gasteiger partial charge in [0.2, 0.25) is 12.1 Å². The fourth-order valence-corrected chi connectivity index (χ4v) is 3.42. The summed E-state index contributed by atoms with van der Waals surface area (Å²) in [5.74, 6) is -1.32. The van der Waals surface area contributed by atoms with Crippen LogP contribution >= 0.6 is 0 Å². The third kappa shape index (κ3) is 3.55. The molecule has 160 valence electrons. The number of ketones is 1. The minimum absolute atomic E-state index is 0.0561. The number of benzene rings is 2. The van der Waals surface area contributed by atoms with Crippen LogP contribution < -0.4 is 9.47 Å². The van der Waals surface area contributed by atoms with E-state index in [1.807, 2.05) is 0 Å². The van der Waals surface area contributed by atoms with Gasteiger partial charge in [0.15, 0.2) is 12.2 Å². The topological polar surface area (TPSA) is 166 Å². The maximum atomic E-state index is 12.5. The molecule has 1 saturated heterocycles. The van der Waals surface area contributed by atoms with E-state index in [0.717, 1.165) is 6.07 Å². The Balaban J connectivity index is 1.52. The van der Waals surface area contributed by atoms with Crippen molar-refractivity contribution < 1.29 is 49.6 Å². The number of aliphatic hydroxyl groups excluding tert-OH is 4. The summed E-state index contributed by atoms with van der Waals surface area (Å²) in [6, 6.07) is 8.16. The standard InChI is InChI=1S/C20H20O10/c21-9-5-11(22)14-13(6-9)30-19(17(26)16(14)25)8-1-3-10(4-2-8)29-20-18(27)15(24)12(23)7-28-20/h1-6,12,15,17-24,26-27H,7H2/t12-,15-,17-,18-,19-,20+/m1/s1. The summed E-state index contributed by atoms with van der Waals surface area (Å²) < 4.78 is 16.3. The van der Waals surface area contributed by atoms with Crippen molar-refractivity contribution in [1.82, 2.24) is 0 Å². The number of hydrogen-bond acceptors (Lipinski definition) is 10. The van der Waals surface area contributed by atoms with Crippen molar-refractivity contribution in [2.24, 2.45) is 0 Å². The number of aromatic hydroxyl groups is 2. The van der Waals surface area contributed by atoms with Gasteiger partial charge in [0.05, 0.1) is 6.61 Å². The number of aliphatic hydroxyl groups is 4. The molecular weight excluding hydrogens is 400 g/mol. The maximum absolute atomic E-state index is 12.5. The van der Waals surface area contributed by atoms with Crippen LogP contribution in [0.3, 0.4) is 0 Å². The van der Waals surface area contributed by atoms with Gasteiger partial charge in [-0.05, 0) is 17.7 Å². The predicted octanol–water partition coefficient (Wildman–Crippen LogP) is -0.407. The molecular formula is C20H20O10. The Hall–Kier alpha value is -2.89. The highest BCUT2D eigenvalue weighted by Gasteiger charge is 2.40. The summed E-state index contributed by atoms with van der Waals surface area (Å²) in [4.78, 5) is 12.5. The first kappa shape index (κ1) is 20.4. The molecule has 0 spiro atoms. The SMILES string of the molecule is O=C1c2c(O)cc(O)cc2O[C@H](c2ccc(O[C@@H]3OC[C@@H](O)[C@@H](O)[C@H]3O)cc2)[C@@H]1O. The monoisotopic (exact) mass is 420 g/mol. The Kier molecular flexibility index (Phi) is 5.26. The number of phenols is 2. The molecule has 2 aromatic rings. The van der Waals surface area contributed by atoms with Crippen molar-refractivity contribution in [3.05, 3.63) is 47.5 Å². The van der Waals surface area contributed by atoms with Gasteiger partial charge in [-0.25, -0.2) is 0 Å². The second-order valence-electron chi connectivity index (χ2n) is 7.12. The summed E-state index contributed by atoms with van der Waals surface area (Å²) in [5.41, 5.74) is 0.206. The summed E-state index contributed by atoms with van der Waals surface area (Å²) in [5, 5.41) is 59.0. The van der Waals surface area contributed by atoms with Crippen LogP contribution in [0.5, 0.6) is 23.0 Å². The van der Waals surface area contributed by atoms with E-state index >= 15 is 0 Å². The number of hydrogen-bond donors (Lipinski definition) is 6. The largest absolute Gasteiger partial charge is 0.508 e. The van der Waals surface area contributed by atoms with Gasteiger partial charge in [-0.15, -0.1) is 0 Å². The van der Waals surface area contributed by atoms with Crippen LogP contribution in [0.25, 0.3) is 0 Å². The van der Waals surface area contributed by atoms with Gasteiger partial charge >= 0.3 is 0 Å². The van der Waals surface area contributed by atoms with Crippen molar-refractivity contribution in [3.8, 4) is 23.0 Å². The van der Waals surface area contributed by atoms with Gasteiger partial charge in [-0.1, -0.05) is 12.1 Å². The summed E-state index contributed by atoms with van der Waals surface area (Å²) >= 11 is 0. The minimum atomic E-state index is -1.58. The number of Topliss-reactive ketones (excluding diaryl/α,β-unsaturated/α-hetero) is 1. The van der Waals surface area contributed by atoms with Crippen LogP contribution in [-0.4, -0.2) is 73.7 Å². The van der Waals surface area contributed by atoms with Gasteiger partial charge < -0.3 is 44.8 Å². The van der Waals surface area contributed by atoms with Gasteiger partial charge in [-0.2, -0.15) is 0 Å². The van der Waals surface area contributed by atoms with E-state index in [0.29, 0.717) is 5.56 Å². The van der Waals surface area contributed by atoms with Crippen molar-refractivity contribution in [3.63, 3.8) is 0 Å². The van der Waals surface area contributed by atoms with Gasteiger partial charge in [0.25, 0.3) is 0 Å². The highest BCUT2D eigenvalue weighted by atomic mass is 16.7. The zero-order valence-electron chi connectivity index (χ0n) is 15.5. The molecule has 2 heterocycles. The molecule has 0 bridgehead atoms. The Bertz CT molecular complexity index is 943. The van der Waals surface area contributed by atoms with Gasteiger partial charge in [0.1, 0.15) is 46.9 Å². The molecule has 1 fully saturated rings. The molecule has 4 rings (SSSR count). The lowest BCUT2D eigenvalue weighted by molar-refractivity contribution is -0.242. The number of fused-ring (bicyclic) bond motifs is 1. The maximum Gasteiger partial charge on any atom is 0.228 e. The first-order valence-electron chi connectivity index (χ1n) is 9.13. The molecule has 2 aliphatic heterocycles. The highest BCUT2D eigenvalue weighted by molar-refractivity contribution is 6.05. The molecule has 0 aliphatic carbocycles. The summed E-state index contributed by atoms with van der Waals surface area (Å²) in [6.45, 7) is -0.204. The lowest BCUT2D eigenvalue weighted by Gasteiger charge is -2.35. The van der Waals surface area contributed by atoms with Crippen molar-refractivity contribution in [2.75, 3.05) is 6.61 Å². The molecule has 0 radical (unpaired) electrons. The van der Waals surface area contributed by atoms with Crippen LogP contribution in [0.4, 0.5) is 0 Å². The normalized spacial score (nSPS) is 31.0. The predicted molar refractivity (Wildman–Crippen MR) is 98.3 cm³/mol. The lowest BCUT2D eigenvalue weighted by Crippen LogP contribution is -2.54. The molecule has 0 aromatic heterocycles. The Morgan fingerprint density at radius 1 is 0.967 bits per heavy atom. The number of ether oxygens (including phenoxy) is 3. The van der Waals surface area contributed by atoms with Crippen molar-refractivity contribution in [2.45, 2.75) is 36.8 Å². The number of carbonyl (C=O) groups excluding carboxylic acids is 1. The number of rotatable bonds is 3. The summed E-state index contributed by atoms with van der Waals surface area (Å²) in [6.07, 6.45) is -7.94. The van der Waals surface area contributed by atoms with Crippen LogP contribution in [0.1, 0.15) is 22.0 Å². The molecule has 10 nitrogen and oxygen atoms in total. The average Bonchev–Trinajstić information content (AvgIpc) is 2.71. The van der Waals surface area contributed by atoms with E-state index in [2.05, 4.69) is 0 Å². The molecule has 30 heavy (non-hydrogen) atoms. The fraction of sp³-hybridized carbons (Fsp3) is 0.350. The molecule has 6 N–H and O–H groups in total. The van der Waals surface area contributed by atoms with E-state index in [4.69, 9.17) is 14.2 Å². The molecule has 6 atom stereocenters. The zero-order chi connectivity index (χ0) is 21.6. The van der Waals surface area contributed by atoms with E-state index in [9.17, 15) is 35.4 Å². The van der Waals surface area contributed by atoms with Crippen LogP contribution in [-0.2, 0) is 4.74 Å². The third-order valence-electron chi connectivity index (χ3n) is 5.04. The van der Waals surface area contributed by atoms with Crippen molar-refractivity contribution in [1.29, 1.82) is 0 Å². The second kappa shape index (κ2) is 7.74. The second-order valence-corrected chi connectivity index (χ2v) is 7.12. The van der Waals surface area contributed by atoms with E-state index in [1.165, 1.54) is 30.3 Å². The van der Waals surface area contributed by atoms with E-state index in [1.54, 1.807) is 0 Å². The Morgan fingerprint density at radius 3 is 2.37 bits per heavy atom. The third-order valence-corrected chi connectivity index (χ3v) is 5.04. The first-order chi connectivity index (χ1) is 14.3. The van der Waals surface area contributed by atoms with E-state index in [-0.39, 0.29) is 29.4 Å². The first-order valence-corrected chi connectivity index (χ1v) is 9.13. The smallest absolute Gasteiger partial charge is 0.228 e. The lowest BCUT2D eigenvalue weighted by atomic mass is 9.93. The van der Waals surface area contributed by atoms with Crippen LogP contribution in [0.2, 0.25) is 0 Å². The number of phenolic OH excluding ortho intramolecular Hbond substituents is 2. The molecule has 0 unspecified atom stereocenters. The van der Waals surface area contributed by atoms with Crippen molar-refractivity contribution >= 4 is 5.78 Å². The van der Waals surface area contributed by atoms with Crippen LogP contribution in [0, 0.1) is 0 Å². The minimum Gasteiger partial charge on any atom is -0.508 e. The molecule has 10 heteroatoms. The molecule has 0 saturated carbocycles. The number of carbonyl (C=O) groups is 1. The fourth-order valence-electron chi connectivity index (χ4n) is 3.42. The quantitative estimate of drug-likeness (QED) is 0.384. The average molecular weight is 420 g/mol. The summed E-state index contributed by atoms with van der Waals surface area (Å²) in [7, 11) is 0. The van der Waals surface area contributed by atoms with Gasteiger partial charge in [0, 0.05) is 12.1 Å². The highest BCUT2D eigenvalue weighted by Crippen LogP contribution is 2.42. The Labute approximate surface area is 170 Å². The zero-order valence-corrected chi connectivity index (χ0v) is 15.5. The van der Waals surface area contributed by atoms with Gasteiger partial charge in [-0.3, -0.25) is 4.79 Å². The van der Waals surface area contributed by atoms with Crippen LogP contribution in [0.15, 0.2) is 36.4 Å². The van der Waals surface area contributed by atoms with E-state index < -0.39 is 48.3 Å². The molecule has 0 amide bonds. The molecule has 2 aromatic carbocycles. The molecule has 2 aliphatic rings.